The molecule has 7 heteroatoms. The maximum Gasteiger partial charge on any atom is 0.269 e. The number of thioether (sulfide) groups is 1. The molecule has 0 saturated carbocycles. The van der Waals surface area contributed by atoms with Crippen molar-refractivity contribution >= 4 is 17.7 Å². The third-order valence-corrected chi connectivity index (χ3v) is 4.68. The van der Waals surface area contributed by atoms with Gasteiger partial charge in [0.25, 0.3) is 5.91 Å². The molecule has 0 saturated heterocycles. The number of fused-ring (bicyclic) bond motifs is 1. The highest BCUT2D eigenvalue weighted by molar-refractivity contribution is 7.98. The highest BCUT2D eigenvalue weighted by Gasteiger charge is 2.17. The number of hydrogen-bond donors (Lipinski definition) is 3. The first-order valence-electron chi connectivity index (χ1n) is 7.93. The Morgan fingerprint density at radius 3 is 3.17 bits per heavy atom. The summed E-state index contributed by atoms with van der Waals surface area (Å²) >= 11 is 1.69. The molecule has 0 unspecified atom stereocenters. The van der Waals surface area contributed by atoms with Gasteiger partial charge in [0.05, 0.1) is 24.9 Å². The average molecular weight is 347 g/mol. The van der Waals surface area contributed by atoms with Gasteiger partial charge in [-0.25, -0.2) is 0 Å². The average Bonchev–Trinajstić information content (AvgIpc) is 3.26. The lowest BCUT2D eigenvalue weighted by atomic mass is 10.1. The molecule has 0 fully saturated rings. The van der Waals surface area contributed by atoms with Gasteiger partial charge in [-0.2, -0.15) is 16.9 Å². The molecule has 24 heavy (non-hydrogen) atoms. The summed E-state index contributed by atoms with van der Waals surface area (Å²) in [4.78, 5) is 12.3. The normalized spacial score (nSPS) is 14.1. The summed E-state index contributed by atoms with van der Waals surface area (Å²) in [6.45, 7) is 0.643. The zero-order chi connectivity index (χ0) is 16.9. The van der Waals surface area contributed by atoms with Crippen LogP contribution >= 0.6 is 11.8 Å². The molecule has 0 radical (unpaired) electrons. The molecule has 1 aromatic carbocycles. The number of benzene rings is 1. The third-order valence-electron chi connectivity index (χ3n) is 4.03. The summed E-state index contributed by atoms with van der Waals surface area (Å²) in [5, 5.41) is 19.2. The summed E-state index contributed by atoms with van der Waals surface area (Å²) < 4.78 is 5.50. The van der Waals surface area contributed by atoms with E-state index in [2.05, 4.69) is 21.6 Å². The molecule has 0 spiro atoms. The van der Waals surface area contributed by atoms with E-state index in [4.69, 9.17) is 4.74 Å². The van der Waals surface area contributed by atoms with E-state index in [-0.39, 0.29) is 18.6 Å². The molecule has 1 aromatic heterocycles. The molecule has 0 bridgehead atoms. The molecule has 128 valence electrons. The van der Waals surface area contributed by atoms with Gasteiger partial charge in [0.15, 0.2) is 0 Å². The van der Waals surface area contributed by atoms with Crippen molar-refractivity contribution in [3.8, 4) is 17.0 Å². The van der Waals surface area contributed by atoms with E-state index in [1.54, 1.807) is 17.8 Å². The van der Waals surface area contributed by atoms with E-state index >= 15 is 0 Å². The van der Waals surface area contributed by atoms with Crippen LogP contribution in [0.1, 0.15) is 22.5 Å². The third kappa shape index (κ3) is 3.73. The van der Waals surface area contributed by atoms with Gasteiger partial charge < -0.3 is 15.2 Å². The van der Waals surface area contributed by atoms with E-state index in [9.17, 15) is 9.90 Å². The molecule has 2 aromatic rings. The number of amides is 1. The number of ether oxygens (including phenoxy) is 1. The summed E-state index contributed by atoms with van der Waals surface area (Å²) in [6, 6.07) is 7.42. The quantitative estimate of drug-likeness (QED) is 0.712. The van der Waals surface area contributed by atoms with E-state index in [1.807, 2.05) is 18.4 Å². The molecule has 3 N–H and O–H groups in total. The number of H-pyrrole nitrogens is 1. The smallest absolute Gasteiger partial charge is 0.269 e. The zero-order valence-corrected chi connectivity index (χ0v) is 14.4. The molecule has 1 atom stereocenters. The van der Waals surface area contributed by atoms with Crippen molar-refractivity contribution in [3.05, 3.63) is 35.5 Å². The Morgan fingerprint density at radius 1 is 1.50 bits per heavy atom. The molecular formula is C17H21N3O3S. The minimum absolute atomic E-state index is 0.0713. The lowest BCUT2D eigenvalue weighted by Crippen LogP contribution is -2.38. The van der Waals surface area contributed by atoms with Gasteiger partial charge in [0.1, 0.15) is 11.4 Å². The fourth-order valence-corrected chi connectivity index (χ4v) is 3.18. The molecular weight excluding hydrogens is 326 g/mol. The maximum atomic E-state index is 12.3. The van der Waals surface area contributed by atoms with E-state index < -0.39 is 0 Å². The maximum absolute atomic E-state index is 12.3. The second-order valence-electron chi connectivity index (χ2n) is 5.72. The van der Waals surface area contributed by atoms with Crippen molar-refractivity contribution in [1.29, 1.82) is 0 Å². The fraction of sp³-hybridized carbons (Fsp3) is 0.412. The number of carbonyl (C=O) groups is 1. The highest BCUT2D eigenvalue weighted by Crippen LogP contribution is 2.29. The number of rotatable bonds is 7. The molecule has 6 nitrogen and oxygen atoms in total. The Labute approximate surface area is 145 Å². The van der Waals surface area contributed by atoms with E-state index in [0.29, 0.717) is 12.3 Å². The fourth-order valence-electron chi connectivity index (χ4n) is 2.66. The van der Waals surface area contributed by atoms with Gasteiger partial charge >= 0.3 is 0 Å². The number of aromatic nitrogens is 2. The molecule has 1 aliphatic heterocycles. The minimum Gasteiger partial charge on any atom is -0.493 e. The van der Waals surface area contributed by atoms with Gasteiger partial charge in [0, 0.05) is 12.0 Å². The molecule has 3 rings (SSSR count). The number of hydrogen-bond acceptors (Lipinski definition) is 5. The predicted octanol–water partition coefficient (Wildman–Crippen LogP) is 1.86. The van der Waals surface area contributed by atoms with Gasteiger partial charge in [-0.15, -0.1) is 0 Å². The SMILES string of the molecule is CSCC[C@@H](CO)NC(=O)c1cc(-c2ccc3c(c2)CCO3)n[nH]1. The highest BCUT2D eigenvalue weighted by atomic mass is 32.2. The molecule has 1 amide bonds. The Hall–Kier alpha value is -1.99. The monoisotopic (exact) mass is 347 g/mol. The van der Waals surface area contributed by atoms with Crippen LogP contribution in [0, 0.1) is 0 Å². The van der Waals surface area contributed by atoms with Crippen molar-refractivity contribution in [2.75, 3.05) is 25.2 Å². The van der Waals surface area contributed by atoms with Crippen LogP contribution in [0.5, 0.6) is 5.75 Å². The van der Waals surface area contributed by atoms with Crippen LogP contribution in [0.4, 0.5) is 0 Å². The van der Waals surface area contributed by atoms with Crippen molar-refractivity contribution in [2.45, 2.75) is 18.9 Å². The Morgan fingerprint density at radius 2 is 2.38 bits per heavy atom. The van der Waals surface area contributed by atoms with Gasteiger partial charge in [-0.1, -0.05) is 0 Å². The predicted molar refractivity (Wildman–Crippen MR) is 94.6 cm³/mol. The van der Waals surface area contributed by atoms with E-state index in [1.165, 1.54) is 5.56 Å². The van der Waals surface area contributed by atoms with Gasteiger partial charge in [0.2, 0.25) is 0 Å². The first-order chi connectivity index (χ1) is 11.7. The zero-order valence-electron chi connectivity index (χ0n) is 13.5. The second kappa shape index (κ2) is 7.72. The summed E-state index contributed by atoms with van der Waals surface area (Å²) in [7, 11) is 0. The standard InChI is InChI=1S/C17H21N3O3S/c1-24-7-5-13(10-21)18-17(22)15-9-14(19-20-15)11-2-3-16-12(8-11)4-6-23-16/h2-3,8-9,13,21H,4-7,10H2,1H3,(H,18,22)(H,19,20)/t13-/m0/s1. The Bertz CT molecular complexity index is 717. The summed E-state index contributed by atoms with van der Waals surface area (Å²) in [6.07, 6.45) is 3.63. The lowest BCUT2D eigenvalue weighted by Gasteiger charge is -2.14. The van der Waals surface area contributed by atoms with Crippen LogP contribution in [-0.2, 0) is 6.42 Å². The summed E-state index contributed by atoms with van der Waals surface area (Å²) in [5.41, 5.74) is 3.23. The Balaban J connectivity index is 1.69. The van der Waals surface area contributed by atoms with Crippen LogP contribution < -0.4 is 10.1 Å². The lowest BCUT2D eigenvalue weighted by molar-refractivity contribution is 0.0910. The van der Waals surface area contributed by atoms with Crippen LogP contribution in [0.15, 0.2) is 24.3 Å². The van der Waals surface area contributed by atoms with Crippen molar-refractivity contribution in [1.82, 2.24) is 15.5 Å². The van der Waals surface area contributed by atoms with Crippen LogP contribution in [0.3, 0.4) is 0 Å². The molecule has 0 aliphatic carbocycles. The van der Waals surface area contributed by atoms with Crippen molar-refractivity contribution in [2.24, 2.45) is 0 Å². The Kier molecular flexibility index (Phi) is 5.42. The number of carbonyl (C=O) groups excluding carboxylic acids is 1. The number of aromatic amines is 1. The first kappa shape index (κ1) is 16.9. The molecule has 2 heterocycles. The number of nitrogens with one attached hydrogen (secondary N) is 2. The van der Waals surface area contributed by atoms with Gasteiger partial charge in [-0.05, 0) is 48.3 Å². The van der Waals surface area contributed by atoms with Gasteiger partial charge in [-0.3, -0.25) is 9.89 Å². The topological polar surface area (TPSA) is 87.2 Å². The first-order valence-corrected chi connectivity index (χ1v) is 9.33. The van der Waals surface area contributed by atoms with Crippen molar-refractivity contribution in [3.63, 3.8) is 0 Å². The van der Waals surface area contributed by atoms with Crippen LogP contribution in [0.25, 0.3) is 11.3 Å². The minimum atomic E-state index is -0.251. The number of aliphatic hydroxyl groups excluding tert-OH is 1. The van der Waals surface area contributed by atoms with Crippen molar-refractivity contribution < 1.29 is 14.6 Å². The van der Waals surface area contributed by atoms with E-state index in [0.717, 1.165) is 35.6 Å². The van der Waals surface area contributed by atoms with Crippen LogP contribution in [-0.4, -0.2) is 52.5 Å². The number of aliphatic hydroxyl groups is 1. The number of nitrogens with zero attached hydrogens (tertiary/aromatic N) is 1. The molecule has 1 aliphatic rings. The second-order valence-corrected chi connectivity index (χ2v) is 6.71. The largest absolute Gasteiger partial charge is 0.493 e. The summed E-state index contributed by atoms with van der Waals surface area (Å²) in [5.74, 6) is 1.56. The van der Waals surface area contributed by atoms with Crippen LogP contribution in [0.2, 0.25) is 0 Å².